The van der Waals surface area contributed by atoms with Gasteiger partial charge in [0, 0.05) is 0 Å². The molecule has 1 aromatic heterocycles. The van der Waals surface area contributed by atoms with Crippen LogP contribution in [0.1, 0.15) is 36.3 Å². The molecule has 0 N–H and O–H groups in total. The van der Waals surface area contributed by atoms with E-state index in [0.29, 0.717) is 0 Å². The molecule has 1 unspecified atom stereocenters. The van der Waals surface area contributed by atoms with Crippen molar-refractivity contribution in [1.82, 2.24) is 4.98 Å². The number of benzene rings is 2. The minimum absolute atomic E-state index is 0.291. The highest BCUT2D eigenvalue weighted by atomic mass is 16.5. The Morgan fingerprint density at radius 2 is 2.00 bits per heavy atom. The fourth-order valence-electron chi connectivity index (χ4n) is 2.53. The van der Waals surface area contributed by atoms with E-state index in [4.69, 9.17) is 9.15 Å². The quantitative estimate of drug-likeness (QED) is 0.580. The van der Waals surface area contributed by atoms with Gasteiger partial charge in [-0.15, -0.1) is 0 Å². The van der Waals surface area contributed by atoms with Crippen LogP contribution in [0.4, 0.5) is 0 Å². The smallest absolute Gasteiger partial charge is 0.180 e. The van der Waals surface area contributed by atoms with E-state index in [1.165, 1.54) is 12.0 Å². The number of nitrogens with zero attached hydrogens (tertiary/aromatic N) is 1. The van der Waals surface area contributed by atoms with Crippen molar-refractivity contribution in [2.45, 2.75) is 25.9 Å². The molecule has 0 radical (unpaired) electrons. The molecule has 0 bridgehead atoms. The van der Waals surface area contributed by atoms with Gasteiger partial charge in [-0.05, 0) is 35.8 Å². The molecule has 24 heavy (non-hydrogen) atoms. The Morgan fingerprint density at radius 3 is 2.75 bits per heavy atom. The van der Waals surface area contributed by atoms with E-state index in [1.807, 2.05) is 42.5 Å². The van der Waals surface area contributed by atoms with Crippen molar-refractivity contribution in [2.75, 3.05) is 0 Å². The minimum atomic E-state index is -0.291. The van der Waals surface area contributed by atoms with Crippen molar-refractivity contribution in [1.29, 1.82) is 0 Å². The number of hydrogen-bond acceptors (Lipinski definition) is 3. The number of hydrogen-bond donors (Lipinski definition) is 0. The summed E-state index contributed by atoms with van der Waals surface area (Å²) in [7, 11) is 0. The second kappa shape index (κ2) is 8.16. The predicted octanol–water partition coefficient (Wildman–Crippen LogP) is 5.46. The van der Waals surface area contributed by atoms with Gasteiger partial charge in [0.1, 0.15) is 17.7 Å². The van der Waals surface area contributed by atoms with Gasteiger partial charge >= 0.3 is 0 Å². The zero-order chi connectivity index (χ0) is 16.6. The summed E-state index contributed by atoms with van der Waals surface area (Å²) in [5, 5.41) is 0. The molecule has 2 aromatic carbocycles. The first-order valence-corrected chi connectivity index (χ1v) is 8.22. The van der Waals surface area contributed by atoms with Crippen molar-refractivity contribution in [3.63, 3.8) is 0 Å². The topological polar surface area (TPSA) is 35.3 Å². The Morgan fingerprint density at radius 1 is 1.12 bits per heavy atom. The molecule has 0 aliphatic heterocycles. The van der Waals surface area contributed by atoms with Gasteiger partial charge < -0.3 is 9.15 Å². The van der Waals surface area contributed by atoms with E-state index in [1.54, 1.807) is 6.26 Å². The zero-order valence-electron chi connectivity index (χ0n) is 13.8. The lowest BCUT2D eigenvalue weighted by molar-refractivity contribution is 0.251. The van der Waals surface area contributed by atoms with Crippen molar-refractivity contribution in [2.24, 2.45) is 0 Å². The Kier molecular flexibility index (Phi) is 5.46. The summed E-state index contributed by atoms with van der Waals surface area (Å²) in [5.74, 6) is 0.840. The molecule has 3 nitrogen and oxygen atoms in total. The minimum Gasteiger partial charge on any atom is -0.480 e. The van der Waals surface area contributed by atoms with Crippen LogP contribution in [-0.2, 0) is 6.42 Å². The number of aromatic nitrogens is 1. The number of ether oxygens (including phenoxy) is 1. The highest BCUT2D eigenvalue weighted by Gasteiger charge is 2.13. The van der Waals surface area contributed by atoms with Crippen LogP contribution in [0.25, 0.3) is 6.08 Å². The molecule has 0 amide bonds. The number of rotatable bonds is 7. The molecule has 0 spiro atoms. The molecule has 0 aliphatic carbocycles. The molecule has 3 aromatic rings. The number of oxazole rings is 1. The summed E-state index contributed by atoms with van der Waals surface area (Å²) in [6, 6.07) is 18.4. The van der Waals surface area contributed by atoms with Crippen LogP contribution in [0.5, 0.6) is 5.75 Å². The largest absolute Gasteiger partial charge is 0.480 e. The molecule has 3 heteroatoms. The standard InChI is InChI=1S/C21H21NO2/c1-2-7-18-10-6-11-19(14-18)24-21(20-15-23-16-22-20)13-12-17-8-4-3-5-9-17/h3-6,8-16,21H,2,7H2,1H3. The van der Waals surface area contributed by atoms with Gasteiger partial charge in [-0.25, -0.2) is 4.98 Å². The molecular formula is C21H21NO2. The van der Waals surface area contributed by atoms with Crippen LogP contribution in [0.2, 0.25) is 0 Å². The van der Waals surface area contributed by atoms with Gasteiger partial charge in [-0.2, -0.15) is 0 Å². The maximum atomic E-state index is 6.16. The third-order valence-electron chi connectivity index (χ3n) is 3.71. The molecule has 122 valence electrons. The van der Waals surface area contributed by atoms with Gasteiger partial charge in [0.2, 0.25) is 0 Å². The molecule has 1 heterocycles. The SMILES string of the molecule is CCCc1cccc(OC(C=Cc2ccccc2)c2cocn2)c1. The second-order valence-electron chi connectivity index (χ2n) is 5.62. The van der Waals surface area contributed by atoms with Crippen LogP contribution < -0.4 is 4.74 Å². The summed E-state index contributed by atoms with van der Waals surface area (Å²) in [6.07, 6.45) is 8.96. The zero-order valence-corrected chi connectivity index (χ0v) is 13.8. The van der Waals surface area contributed by atoms with Gasteiger partial charge in [-0.1, -0.05) is 61.9 Å². The van der Waals surface area contributed by atoms with Crippen molar-refractivity contribution in [3.8, 4) is 5.75 Å². The van der Waals surface area contributed by atoms with E-state index < -0.39 is 0 Å². The summed E-state index contributed by atoms with van der Waals surface area (Å²) < 4.78 is 11.3. The van der Waals surface area contributed by atoms with Crippen LogP contribution in [0.15, 0.2) is 77.7 Å². The maximum absolute atomic E-state index is 6.16. The van der Waals surface area contributed by atoms with Crippen molar-refractivity contribution >= 4 is 6.08 Å². The molecular weight excluding hydrogens is 298 g/mol. The summed E-state index contributed by atoms with van der Waals surface area (Å²) in [6.45, 7) is 2.17. The molecule has 0 saturated carbocycles. The van der Waals surface area contributed by atoms with Gasteiger partial charge in [0.15, 0.2) is 12.5 Å². The Hall–Kier alpha value is -2.81. The van der Waals surface area contributed by atoms with E-state index >= 15 is 0 Å². The second-order valence-corrected chi connectivity index (χ2v) is 5.62. The van der Waals surface area contributed by atoms with E-state index in [-0.39, 0.29) is 6.10 Å². The van der Waals surface area contributed by atoms with Gasteiger partial charge in [0.05, 0.1) is 0 Å². The molecule has 0 saturated heterocycles. The molecule has 0 aliphatic rings. The van der Waals surface area contributed by atoms with Gasteiger partial charge in [0.25, 0.3) is 0 Å². The third kappa shape index (κ3) is 4.35. The lowest BCUT2D eigenvalue weighted by Crippen LogP contribution is -2.05. The van der Waals surface area contributed by atoms with Crippen LogP contribution in [0.3, 0.4) is 0 Å². The Bertz CT molecular complexity index is 764. The first-order chi connectivity index (χ1) is 11.8. The Labute approximate surface area is 142 Å². The fourth-order valence-corrected chi connectivity index (χ4v) is 2.53. The van der Waals surface area contributed by atoms with Crippen LogP contribution in [0, 0.1) is 0 Å². The summed E-state index contributed by atoms with van der Waals surface area (Å²) >= 11 is 0. The van der Waals surface area contributed by atoms with Crippen molar-refractivity contribution < 1.29 is 9.15 Å². The van der Waals surface area contributed by atoms with Crippen molar-refractivity contribution in [3.05, 3.63) is 90.2 Å². The first kappa shape index (κ1) is 16.1. The number of aryl methyl sites for hydroxylation is 1. The van der Waals surface area contributed by atoms with E-state index in [9.17, 15) is 0 Å². The van der Waals surface area contributed by atoms with Crippen LogP contribution in [-0.4, -0.2) is 4.98 Å². The average Bonchev–Trinajstić information content (AvgIpc) is 3.15. The van der Waals surface area contributed by atoms with Crippen LogP contribution >= 0.6 is 0 Å². The third-order valence-corrected chi connectivity index (χ3v) is 3.71. The van der Waals surface area contributed by atoms with E-state index in [2.05, 4.69) is 36.2 Å². The average molecular weight is 319 g/mol. The van der Waals surface area contributed by atoms with Gasteiger partial charge in [-0.3, -0.25) is 0 Å². The summed E-state index contributed by atoms with van der Waals surface area (Å²) in [5.41, 5.74) is 3.15. The molecule has 1 atom stereocenters. The molecule has 3 rings (SSSR count). The van der Waals surface area contributed by atoms with E-state index in [0.717, 1.165) is 29.8 Å². The Balaban J connectivity index is 1.81. The monoisotopic (exact) mass is 319 g/mol. The normalized spacial score (nSPS) is 12.4. The lowest BCUT2D eigenvalue weighted by atomic mass is 10.1. The highest BCUT2D eigenvalue weighted by Crippen LogP contribution is 2.24. The fraction of sp³-hybridized carbons (Fsp3) is 0.190. The molecule has 0 fully saturated rings. The maximum Gasteiger partial charge on any atom is 0.180 e. The predicted molar refractivity (Wildman–Crippen MR) is 95.8 cm³/mol. The first-order valence-electron chi connectivity index (χ1n) is 8.22. The summed E-state index contributed by atoms with van der Waals surface area (Å²) in [4.78, 5) is 4.24. The highest BCUT2D eigenvalue weighted by molar-refractivity contribution is 5.50. The lowest BCUT2D eigenvalue weighted by Gasteiger charge is -2.14.